The third-order valence-corrected chi connectivity index (χ3v) is 4.23. The number of nitrogens with zero attached hydrogens (tertiary/aromatic N) is 2. The van der Waals surface area contributed by atoms with Crippen LogP contribution in [0.2, 0.25) is 0 Å². The third kappa shape index (κ3) is 7.03. The van der Waals surface area contributed by atoms with Crippen LogP contribution in [0.15, 0.2) is 53.5 Å². The first-order valence-electron chi connectivity index (χ1n) is 9.48. The van der Waals surface area contributed by atoms with Crippen LogP contribution in [0.25, 0.3) is 0 Å². The Morgan fingerprint density at radius 3 is 2.41 bits per heavy atom. The predicted octanol–water partition coefficient (Wildman–Crippen LogP) is 2.53. The van der Waals surface area contributed by atoms with Crippen molar-refractivity contribution in [2.24, 2.45) is 4.99 Å². The van der Waals surface area contributed by atoms with Crippen molar-refractivity contribution in [1.29, 1.82) is 0 Å². The summed E-state index contributed by atoms with van der Waals surface area (Å²) in [7, 11) is 6.84. The number of carbonyl (C=O) groups is 1. The van der Waals surface area contributed by atoms with Crippen molar-refractivity contribution in [2.45, 2.75) is 19.6 Å². The molecular weight excluding hydrogens is 368 g/mol. The number of benzene rings is 2. The van der Waals surface area contributed by atoms with Crippen molar-refractivity contribution in [3.8, 4) is 11.5 Å². The van der Waals surface area contributed by atoms with Gasteiger partial charge in [0.25, 0.3) is 5.91 Å². The Hall–Kier alpha value is -3.22. The van der Waals surface area contributed by atoms with Gasteiger partial charge in [-0.15, -0.1) is 0 Å². The van der Waals surface area contributed by atoms with Crippen molar-refractivity contribution in [1.82, 2.24) is 15.5 Å². The Kier molecular flexibility index (Phi) is 8.33. The van der Waals surface area contributed by atoms with Gasteiger partial charge in [-0.2, -0.15) is 0 Å². The summed E-state index contributed by atoms with van der Waals surface area (Å²) in [5.41, 5.74) is 1.73. The topological polar surface area (TPSA) is 75.2 Å². The molecule has 1 amide bonds. The monoisotopic (exact) mass is 398 g/mol. The molecule has 0 aliphatic heterocycles. The van der Waals surface area contributed by atoms with Crippen LogP contribution in [0.5, 0.6) is 11.5 Å². The van der Waals surface area contributed by atoms with Crippen LogP contribution in [-0.4, -0.2) is 57.7 Å². The number of guanidine groups is 1. The molecule has 1 atom stereocenters. The summed E-state index contributed by atoms with van der Waals surface area (Å²) in [5, 5.41) is 6.52. The van der Waals surface area contributed by atoms with E-state index in [-0.39, 0.29) is 12.0 Å². The number of nitrogens with one attached hydrogen (secondary N) is 2. The number of ether oxygens (including phenoxy) is 2. The summed E-state index contributed by atoms with van der Waals surface area (Å²) in [4.78, 5) is 17.7. The van der Waals surface area contributed by atoms with Crippen LogP contribution in [0, 0.1) is 0 Å². The van der Waals surface area contributed by atoms with Crippen molar-refractivity contribution in [3.63, 3.8) is 0 Å². The maximum atomic E-state index is 11.9. The largest absolute Gasteiger partial charge is 0.497 e. The molecular formula is C22H30N4O3. The lowest BCUT2D eigenvalue weighted by Gasteiger charge is -2.18. The zero-order valence-corrected chi connectivity index (χ0v) is 17.7. The van der Waals surface area contributed by atoms with Gasteiger partial charge in [-0.25, -0.2) is 0 Å². The van der Waals surface area contributed by atoms with E-state index in [1.807, 2.05) is 55.5 Å². The number of rotatable bonds is 8. The lowest BCUT2D eigenvalue weighted by atomic mass is 10.1. The Bertz CT molecular complexity index is 819. The summed E-state index contributed by atoms with van der Waals surface area (Å²) < 4.78 is 11.1. The van der Waals surface area contributed by atoms with Crippen LogP contribution < -0.4 is 20.1 Å². The SMILES string of the molecule is CN=C(NCc1ccc(C(=O)N(C)C)cc1)NCC(C)Oc1cccc(OC)c1. The van der Waals surface area contributed by atoms with Gasteiger partial charge < -0.3 is 25.0 Å². The predicted molar refractivity (Wildman–Crippen MR) is 116 cm³/mol. The van der Waals surface area contributed by atoms with E-state index < -0.39 is 0 Å². The van der Waals surface area contributed by atoms with Crippen LogP contribution in [0.4, 0.5) is 0 Å². The quantitative estimate of drug-likeness (QED) is 0.528. The highest BCUT2D eigenvalue weighted by Gasteiger charge is 2.09. The van der Waals surface area contributed by atoms with Gasteiger partial charge in [0, 0.05) is 39.3 Å². The molecule has 0 radical (unpaired) electrons. The van der Waals surface area contributed by atoms with Gasteiger partial charge in [-0.05, 0) is 36.8 Å². The summed E-state index contributed by atoms with van der Waals surface area (Å²) in [6, 6.07) is 15.1. The number of carbonyl (C=O) groups excluding carboxylic acids is 1. The van der Waals surface area contributed by atoms with Crippen molar-refractivity contribution >= 4 is 11.9 Å². The molecule has 0 fully saturated rings. The van der Waals surface area contributed by atoms with Gasteiger partial charge in [0.15, 0.2) is 5.96 Å². The second-order valence-corrected chi connectivity index (χ2v) is 6.81. The van der Waals surface area contributed by atoms with Crippen LogP contribution in [-0.2, 0) is 6.54 Å². The van der Waals surface area contributed by atoms with Crippen molar-refractivity contribution in [3.05, 3.63) is 59.7 Å². The molecule has 0 bridgehead atoms. The Morgan fingerprint density at radius 1 is 1.10 bits per heavy atom. The maximum absolute atomic E-state index is 11.9. The van der Waals surface area contributed by atoms with Crippen molar-refractivity contribution in [2.75, 3.05) is 34.8 Å². The molecule has 0 spiro atoms. The van der Waals surface area contributed by atoms with Crippen molar-refractivity contribution < 1.29 is 14.3 Å². The fourth-order valence-corrected chi connectivity index (χ4v) is 2.62. The van der Waals surface area contributed by atoms with E-state index in [2.05, 4.69) is 15.6 Å². The van der Waals surface area contributed by atoms with Gasteiger partial charge in [0.2, 0.25) is 0 Å². The van der Waals surface area contributed by atoms with E-state index in [1.165, 1.54) is 0 Å². The van der Waals surface area contributed by atoms with E-state index in [0.29, 0.717) is 24.6 Å². The number of hydrogen-bond donors (Lipinski definition) is 2. The lowest BCUT2D eigenvalue weighted by Crippen LogP contribution is -2.41. The normalized spacial score (nSPS) is 12.1. The van der Waals surface area contributed by atoms with E-state index >= 15 is 0 Å². The van der Waals surface area contributed by atoms with E-state index in [1.54, 1.807) is 33.2 Å². The van der Waals surface area contributed by atoms with Crippen LogP contribution >= 0.6 is 0 Å². The van der Waals surface area contributed by atoms with Gasteiger partial charge in [0.05, 0.1) is 13.7 Å². The Balaban J connectivity index is 1.80. The van der Waals surface area contributed by atoms with E-state index in [0.717, 1.165) is 17.1 Å². The van der Waals surface area contributed by atoms with Gasteiger partial charge >= 0.3 is 0 Å². The zero-order chi connectivity index (χ0) is 21.2. The number of amides is 1. The summed E-state index contributed by atoms with van der Waals surface area (Å²) in [6.07, 6.45) is -0.0583. The average Bonchev–Trinajstić information content (AvgIpc) is 2.73. The second-order valence-electron chi connectivity index (χ2n) is 6.81. The first kappa shape index (κ1) is 22.1. The smallest absolute Gasteiger partial charge is 0.253 e. The minimum atomic E-state index is -0.0583. The molecule has 0 aromatic heterocycles. The molecule has 0 saturated carbocycles. The second kappa shape index (κ2) is 10.9. The molecule has 2 rings (SSSR count). The number of methoxy groups -OCH3 is 1. The summed E-state index contributed by atoms with van der Waals surface area (Å²) in [6.45, 7) is 3.18. The maximum Gasteiger partial charge on any atom is 0.253 e. The van der Waals surface area contributed by atoms with Gasteiger partial charge in [0.1, 0.15) is 17.6 Å². The first-order chi connectivity index (χ1) is 13.9. The molecule has 0 saturated heterocycles. The number of aliphatic imine (C=N–C) groups is 1. The third-order valence-electron chi connectivity index (χ3n) is 4.23. The highest BCUT2D eigenvalue weighted by Crippen LogP contribution is 2.19. The Labute approximate surface area is 172 Å². The zero-order valence-electron chi connectivity index (χ0n) is 17.7. The Morgan fingerprint density at radius 2 is 1.79 bits per heavy atom. The van der Waals surface area contributed by atoms with Crippen LogP contribution in [0.3, 0.4) is 0 Å². The molecule has 0 aliphatic rings. The molecule has 156 valence electrons. The first-order valence-corrected chi connectivity index (χ1v) is 9.48. The fourth-order valence-electron chi connectivity index (χ4n) is 2.62. The van der Waals surface area contributed by atoms with Crippen LogP contribution in [0.1, 0.15) is 22.8 Å². The summed E-state index contributed by atoms with van der Waals surface area (Å²) in [5.74, 6) is 2.19. The number of hydrogen-bond acceptors (Lipinski definition) is 4. The molecule has 29 heavy (non-hydrogen) atoms. The molecule has 2 N–H and O–H groups in total. The van der Waals surface area contributed by atoms with Gasteiger partial charge in [-0.3, -0.25) is 9.79 Å². The minimum Gasteiger partial charge on any atom is -0.497 e. The van der Waals surface area contributed by atoms with E-state index in [9.17, 15) is 4.79 Å². The molecule has 0 aliphatic carbocycles. The van der Waals surface area contributed by atoms with E-state index in [4.69, 9.17) is 9.47 Å². The standard InChI is InChI=1S/C22H30N4O3/c1-16(29-20-8-6-7-19(13-20)28-5)14-24-22(23-2)25-15-17-9-11-18(12-10-17)21(27)26(3)4/h6-13,16H,14-15H2,1-5H3,(H2,23,24,25). The molecule has 2 aromatic rings. The molecule has 0 heterocycles. The average molecular weight is 399 g/mol. The minimum absolute atomic E-state index is 0.00740. The molecule has 7 heteroatoms. The fraction of sp³-hybridized carbons (Fsp3) is 0.364. The molecule has 2 aromatic carbocycles. The highest BCUT2D eigenvalue weighted by atomic mass is 16.5. The van der Waals surface area contributed by atoms with Gasteiger partial charge in [-0.1, -0.05) is 18.2 Å². The highest BCUT2D eigenvalue weighted by molar-refractivity contribution is 5.93. The molecule has 1 unspecified atom stereocenters. The lowest BCUT2D eigenvalue weighted by molar-refractivity contribution is 0.0827. The molecule has 7 nitrogen and oxygen atoms in total. The summed E-state index contributed by atoms with van der Waals surface area (Å²) >= 11 is 0.